The highest BCUT2D eigenvalue weighted by atomic mass is 16.3. The first-order valence-corrected chi connectivity index (χ1v) is 10.1. The summed E-state index contributed by atoms with van der Waals surface area (Å²) in [6, 6.07) is 0. The van der Waals surface area contributed by atoms with E-state index in [9.17, 15) is 5.11 Å². The molecule has 3 fully saturated rings. The lowest BCUT2D eigenvalue weighted by Crippen LogP contribution is -2.50. The first kappa shape index (κ1) is 15.9. The lowest BCUT2D eigenvalue weighted by Gasteiger charge is -2.58. The van der Waals surface area contributed by atoms with Gasteiger partial charge >= 0.3 is 0 Å². The van der Waals surface area contributed by atoms with Crippen LogP contribution in [0.25, 0.3) is 0 Å². The van der Waals surface area contributed by atoms with Gasteiger partial charge in [-0.1, -0.05) is 44.9 Å². The summed E-state index contributed by atoms with van der Waals surface area (Å²) in [7, 11) is 0. The van der Waals surface area contributed by atoms with Crippen molar-refractivity contribution in [3.63, 3.8) is 0 Å². The summed E-state index contributed by atoms with van der Waals surface area (Å²) in [5, 5.41) is 10.2. The fourth-order valence-corrected chi connectivity index (χ4v) is 6.90. The molecule has 128 valence electrons. The molecule has 0 spiro atoms. The van der Waals surface area contributed by atoms with Crippen LogP contribution in [0.1, 0.15) is 78.6 Å². The minimum atomic E-state index is -0.103. The summed E-state index contributed by atoms with van der Waals surface area (Å²) in [6.07, 6.45) is 16.4. The highest BCUT2D eigenvalue weighted by molar-refractivity contribution is 5.39. The van der Waals surface area contributed by atoms with E-state index in [1.165, 1.54) is 38.5 Å². The molecule has 4 aliphatic carbocycles. The summed E-state index contributed by atoms with van der Waals surface area (Å²) in [5.74, 6) is 2.52. The molecule has 0 aromatic carbocycles. The Balaban J connectivity index is 1.79. The molecule has 0 aliphatic heterocycles. The second kappa shape index (κ2) is 5.48. The number of hydrogen-bond donors (Lipinski definition) is 1. The lowest BCUT2D eigenvalue weighted by molar-refractivity contribution is -0.0184. The van der Waals surface area contributed by atoms with Crippen LogP contribution in [0.4, 0.5) is 0 Å². The maximum atomic E-state index is 10.2. The van der Waals surface area contributed by atoms with Crippen molar-refractivity contribution in [3.8, 4) is 0 Å². The van der Waals surface area contributed by atoms with Crippen molar-refractivity contribution >= 4 is 0 Å². The number of rotatable bonds is 1. The van der Waals surface area contributed by atoms with E-state index >= 15 is 0 Å². The smallest absolute Gasteiger partial charge is 0.0578 e. The predicted molar refractivity (Wildman–Crippen MR) is 96.1 cm³/mol. The molecule has 0 radical (unpaired) electrons. The first-order valence-electron chi connectivity index (χ1n) is 10.1. The molecule has 1 nitrogen and oxygen atoms in total. The molecule has 0 aromatic rings. The zero-order chi connectivity index (χ0) is 16.2. The maximum absolute atomic E-state index is 10.2. The molecule has 6 atom stereocenters. The number of fused-ring (bicyclic) bond motifs is 5. The number of aliphatic hydroxyl groups is 1. The van der Waals surface area contributed by atoms with Crippen LogP contribution in [0, 0.1) is 28.6 Å². The van der Waals surface area contributed by atoms with Crippen LogP contribution in [-0.2, 0) is 0 Å². The van der Waals surface area contributed by atoms with Crippen molar-refractivity contribution in [3.05, 3.63) is 23.3 Å². The summed E-state index contributed by atoms with van der Waals surface area (Å²) >= 11 is 0. The van der Waals surface area contributed by atoms with Crippen molar-refractivity contribution in [2.45, 2.75) is 84.7 Å². The fourth-order valence-electron chi connectivity index (χ4n) is 6.90. The average Bonchev–Trinajstić information content (AvgIpc) is 2.91. The van der Waals surface area contributed by atoms with E-state index in [0.717, 1.165) is 37.0 Å². The van der Waals surface area contributed by atoms with Crippen molar-refractivity contribution in [1.82, 2.24) is 0 Å². The lowest BCUT2D eigenvalue weighted by atomic mass is 9.47. The van der Waals surface area contributed by atoms with Gasteiger partial charge in [-0.15, -0.1) is 0 Å². The number of aliphatic hydroxyl groups excluding tert-OH is 1. The maximum Gasteiger partial charge on any atom is 0.0578 e. The number of hydrogen-bond acceptors (Lipinski definition) is 1. The van der Waals surface area contributed by atoms with Crippen molar-refractivity contribution in [1.29, 1.82) is 0 Å². The Morgan fingerprint density at radius 1 is 1.13 bits per heavy atom. The molecule has 3 unspecified atom stereocenters. The zero-order valence-corrected chi connectivity index (χ0v) is 15.3. The van der Waals surface area contributed by atoms with Crippen LogP contribution in [0.5, 0.6) is 0 Å². The van der Waals surface area contributed by atoms with Gasteiger partial charge in [0.05, 0.1) is 6.10 Å². The van der Waals surface area contributed by atoms with Crippen molar-refractivity contribution in [2.75, 3.05) is 0 Å². The highest BCUT2D eigenvalue weighted by Crippen LogP contribution is 2.65. The fraction of sp³-hybridized carbons (Fsp3) is 0.818. The van der Waals surface area contributed by atoms with Gasteiger partial charge in [0.25, 0.3) is 0 Å². The Bertz CT molecular complexity index is 544. The second-order valence-corrected chi connectivity index (χ2v) is 9.42. The summed E-state index contributed by atoms with van der Waals surface area (Å²) in [5.41, 5.74) is 4.17. The average molecular weight is 315 g/mol. The molecule has 0 heterocycles. The van der Waals surface area contributed by atoms with Gasteiger partial charge in [-0.25, -0.2) is 0 Å². The van der Waals surface area contributed by atoms with E-state index in [1.54, 1.807) is 11.1 Å². The van der Waals surface area contributed by atoms with Gasteiger partial charge in [0.2, 0.25) is 0 Å². The molecule has 1 N–H and O–H groups in total. The minimum absolute atomic E-state index is 0.103. The van der Waals surface area contributed by atoms with E-state index < -0.39 is 0 Å². The Hall–Kier alpha value is -0.560. The second-order valence-electron chi connectivity index (χ2n) is 9.42. The Kier molecular flexibility index (Phi) is 3.80. The van der Waals surface area contributed by atoms with Crippen molar-refractivity contribution < 1.29 is 5.11 Å². The molecule has 3 saturated carbocycles. The van der Waals surface area contributed by atoms with Gasteiger partial charge in [0.15, 0.2) is 0 Å². The van der Waals surface area contributed by atoms with E-state index in [2.05, 4.69) is 32.9 Å². The van der Waals surface area contributed by atoms with E-state index in [4.69, 9.17) is 0 Å². The van der Waals surface area contributed by atoms with Crippen LogP contribution in [0.3, 0.4) is 0 Å². The Labute approximate surface area is 142 Å². The van der Waals surface area contributed by atoms with Gasteiger partial charge in [0, 0.05) is 0 Å². The number of allylic oxidation sites excluding steroid dienone is 3. The van der Waals surface area contributed by atoms with Crippen LogP contribution < -0.4 is 0 Å². The SMILES string of the molecule is CC/C=C1\C=C2C[C@@H](O)CC[C@]2(C)C2CC[C@]3(C)CCCC3C12. The third kappa shape index (κ3) is 2.29. The monoisotopic (exact) mass is 314 g/mol. The van der Waals surface area contributed by atoms with Gasteiger partial charge < -0.3 is 5.11 Å². The first-order chi connectivity index (χ1) is 11.0. The minimum Gasteiger partial charge on any atom is -0.393 e. The molecule has 0 amide bonds. The van der Waals surface area contributed by atoms with Crippen LogP contribution in [0.2, 0.25) is 0 Å². The summed E-state index contributed by atoms with van der Waals surface area (Å²) in [4.78, 5) is 0. The third-order valence-electron chi connectivity index (χ3n) is 8.22. The predicted octanol–water partition coefficient (Wildman–Crippen LogP) is 5.65. The van der Waals surface area contributed by atoms with Crippen LogP contribution >= 0.6 is 0 Å². The third-order valence-corrected chi connectivity index (χ3v) is 8.22. The summed E-state index contributed by atoms with van der Waals surface area (Å²) < 4.78 is 0. The van der Waals surface area contributed by atoms with Gasteiger partial charge in [-0.2, -0.15) is 0 Å². The summed E-state index contributed by atoms with van der Waals surface area (Å²) in [6.45, 7) is 7.39. The highest BCUT2D eigenvalue weighted by Gasteiger charge is 2.56. The van der Waals surface area contributed by atoms with Crippen molar-refractivity contribution in [2.24, 2.45) is 28.6 Å². The Morgan fingerprint density at radius 2 is 1.96 bits per heavy atom. The topological polar surface area (TPSA) is 20.2 Å². The van der Waals surface area contributed by atoms with E-state index in [1.807, 2.05) is 0 Å². The molecular weight excluding hydrogens is 280 g/mol. The van der Waals surface area contributed by atoms with Gasteiger partial charge in [-0.3, -0.25) is 0 Å². The molecule has 4 aliphatic rings. The van der Waals surface area contributed by atoms with Gasteiger partial charge in [0.1, 0.15) is 0 Å². The molecule has 0 saturated heterocycles. The standard InChI is InChI=1S/C22H34O/c1-4-6-15-13-16-14-17(23)8-12-22(16,3)19-9-11-21(2)10-5-7-18(21)20(15)19/h6,13,17-20,23H,4-5,7-12,14H2,1-3H3/b15-6+/t17-,18?,19?,20?,21-,22-/m0/s1. The molecule has 0 aromatic heterocycles. The van der Waals surface area contributed by atoms with Crippen LogP contribution in [0.15, 0.2) is 23.3 Å². The van der Waals surface area contributed by atoms with E-state index in [-0.39, 0.29) is 6.10 Å². The molecule has 4 rings (SSSR count). The van der Waals surface area contributed by atoms with E-state index in [0.29, 0.717) is 10.8 Å². The van der Waals surface area contributed by atoms with Gasteiger partial charge in [-0.05, 0) is 85.5 Å². The molecular formula is C22H34O. The van der Waals surface area contributed by atoms with Crippen LogP contribution in [-0.4, -0.2) is 11.2 Å². The zero-order valence-electron chi connectivity index (χ0n) is 15.3. The normalized spacial score (nSPS) is 51.0. The molecule has 1 heteroatoms. The Morgan fingerprint density at radius 3 is 2.74 bits per heavy atom. The quantitative estimate of drug-likeness (QED) is 0.663. The largest absolute Gasteiger partial charge is 0.393 e. The molecule has 0 bridgehead atoms. The molecule has 23 heavy (non-hydrogen) atoms.